The molecule has 2 aromatic heterocycles. The molecule has 2 aromatic rings. The molecular weight excluding hydrogens is 214 g/mol. The van der Waals surface area contributed by atoms with Crippen molar-refractivity contribution in [3.05, 3.63) is 16.5 Å². The molecule has 0 amide bonds. The van der Waals surface area contributed by atoms with Gasteiger partial charge in [-0.1, -0.05) is 11.6 Å². The van der Waals surface area contributed by atoms with Crippen LogP contribution < -0.4 is 0 Å². The van der Waals surface area contributed by atoms with Gasteiger partial charge in [0.05, 0.1) is 0 Å². The molecule has 0 saturated heterocycles. The van der Waals surface area contributed by atoms with E-state index in [1.807, 2.05) is 0 Å². The summed E-state index contributed by atoms with van der Waals surface area (Å²) in [5.74, 6) is 0.608. The van der Waals surface area contributed by atoms with Crippen molar-refractivity contribution in [3.8, 4) is 0 Å². The number of nitrogens with zero attached hydrogens (tertiary/aromatic N) is 3. The largest absolute Gasteiger partial charge is 0.223 e. The van der Waals surface area contributed by atoms with Gasteiger partial charge in [-0.3, -0.25) is 0 Å². The molecular formula is C6H4ClN3S2. The van der Waals surface area contributed by atoms with Crippen LogP contribution in [0.2, 0.25) is 5.15 Å². The van der Waals surface area contributed by atoms with Crippen LogP contribution in [0.1, 0.15) is 5.01 Å². The fourth-order valence-corrected chi connectivity index (χ4v) is 2.10. The first-order valence-corrected chi connectivity index (χ1v) is 5.00. The molecule has 0 saturated carbocycles. The standard InChI is InChI=1S/C6H4ClN3S2/c7-5-4-6(9-2-8-5)10-3(1-11)12-4/h2,11H,1H2. The number of thiol groups is 1. The van der Waals surface area contributed by atoms with Gasteiger partial charge in [0.15, 0.2) is 10.8 Å². The summed E-state index contributed by atoms with van der Waals surface area (Å²) in [5.41, 5.74) is 0.657. The minimum atomic E-state index is 0.463. The molecule has 0 aliphatic heterocycles. The van der Waals surface area contributed by atoms with Crippen molar-refractivity contribution in [2.24, 2.45) is 0 Å². The predicted molar refractivity (Wildman–Crippen MR) is 52.9 cm³/mol. The normalized spacial score (nSPS) is 10.8. The summed E-state index contributed by atoms with van der Waals surface area (Å²) < 4.78 is 0.836. The minimum absolute atomic E-state index is 0.463. The first kappa shape index (κ1) is 8.22. The molecule has 0 spiro atoms. The smallest absolute Gasteiger partial charge is 0.175 e. The third-order valence-electron chi connectivity index (χ3n) is 1.33. The molecule has 12 heavy (non-hydrogen) atoms. The fraction of sp³-hybridized carbons (Fsp3) is 0.167. The third-order valence-corrected chi connectivity index (χ3v) is 3.29. The van der Waals surface area contributed by atoms with E-state index in [4.69, 9.17) is 11.6 Å². The van der Waals surface area contributed by atoms with Crippen LogP contribution in [0.3, 0.4) is 0 Å². The fourth-order valence-electron chi connectivity index (χ4n) is 0.838. The maximum Gasteiger partial charge on any atom is 0.175 e. The number of thiazole rings is 1. The van der Waals surface area contributed by atoms with Crippen LogP contribution in [0, 0.1) is 0 Å². The van der Waals surface area contributed by atoms with E-state index in [1.165, 1.54) is 17.7 Å². The van der Waals surface area contributed by atoms with E-state index < -0.39 is 0 Å². The first-order chi connectivity index (χ1) is 5.81. The Balaban J connectivity index is 2.74. The lowest BCUT2D eigenvalue weighted by Gasteiger charge is -1.86. The van der Waals surface area contributed by atoms with Crippen LogP contribution in [-0.4, -0.2) is 15.0 Å². The summed E-state index contributed by atoms with van der Waals surface area (Å²) in [6, 6.07) is 0. The molecule has 2 rings (SSSR count). The van der Waals surface area contributed by atoms with Gasteiger partial charge < -0.3 is 0 Å². The summed E-state index contributed by atoms with van der Waals surface area (Å²) >= 11 is 11.4. The second kappa shape index (κ2) is 3.16. The van der Waals surface area contributed by atoms with Crippen molar-refractivity contribution in [2.45, 2.75) is 5.75 Å². The minimum Gasteiger partial charge on any atom is -0.223 e. The van der Waals surface area contributed by atoms with Crippen LogP contribution in [0.25, 0.3) is 10.3 Å². The van der Waals surface area contributed by atoms with Gasteiger partial charge >= 0.3 is 0 Å². The second-order valence-corrected chi connectivity index (χ2v) is 3.84. The molecule has 2 heterocycles. The van der Waals surface area contributed by atoms with Gasteiger partial charge in [0, 0.05) is 5.75 Å². The van der Waals surface area contributed by atoms with E-state index in [1.54, 1.807) is 0 Å². The second-order valence-electron chi connectivity index (χ2n) is 2.08. The zero-order valence-electron chi connectivity index (χ0n) is 5.86. The molecule has 0 atom stereocenters. The lowest BCUT2D eigenvalue weighted by atomic mass is 10.6. The molecule has 62 valence electrons. The molecule has 0 aromatic carbocycles. The van der Waals surface area contributed by atoms with Gasteiger partial charge in [-0.15, -0.1) is 11.3 Å². The molecule has 0 bridgehead atoms. The summed E-state index contributed by atoms with van der Waals surface area (Å²) in [6.07, 6.45) is 1.41. The Bertz CT molecular complexity index is 414. The molecule has 6 heteroatoms. The van der Waals surface area contributed by atoms with Crippen LogP contribution in [0.4, 0.5) is 0 Å². The van der Waals surface area contributed by atoms with Gasteiger partial charge in [0.2, 0.25) is 0 Å². The number of hydrogen-bond donors (Lipinski definition) is 1. The highest BCUT2D eigenvalue weighted by Gasteiger charge is 2.06. The maximum atomic E-state index is 5.82. The Labute approximate surface area is 83.2 Å². The van der Waals surface area contributed by atoms with Crippen molar-refractivity contribution in [3.63, 3.8) is 0 Å². The molecule has 0 fully saturated rings. The molecule has 0 aliphatic rings. The van der Waals surface area contributed by atoms with E-state index in [9.17, 15) is 0 Å². The predicted octanol–water partition coefficient (Wildman–Crippen LogP) is 2.17. The number of rotatable bonds is 1. The maximum absolute atomic E-state index is 5.82. The Morgan fingerprint density at radius 3 is 3.00 bits per heavy atom. The van der Waals surface area contributed by atoms with Gasteiger partial charge in [0.25, 0.3) is 0 Å². The van der Waals surface area contributed by atoms with Crippen LogP contribution in [0.15, 0.2) is 6.33 Å². The summed E-state index contributed by atoms with van der Waals surface area (Å²) in [7, 11) is 0. The monoisotopic (exact) mass is 217 g/mol. The van der Waals surface area contributed by atoms with Gasteiger partial charge in [-0.25, -0.2) is 15.0 Å². The quantitative estimate of drug-likeness (QED) is 0.588. The molecule has 0 aliphatic carbocycles. The topological polar surface area (TPSA) is 38.7 Å². The van der Waals surface area contributed by atoms with E-state index in [0.29, 0.717) is 16.6 Å². The van der Waals surface area contributed by atoms with Crippen molar-refractivity contribution < 1.29 is 0 Å². The number of aromatic nitrogens is 3. The number of hydrogen-bond acceptors (Lipinski definition) is 5. The van der Waals surface area contributed by atoms with Crippen molar-refractivity contribution >= 4 is 45.9 Å². The Morgan fingerprint density at radius 2 is 2.33 bits per heavy atom. The molecule has 0 unspecified atom stereocenters. The molecule has 0 N–H and O–H groups in total. The molecule has 0 radical (unpaired) electrons. The van der Waals surface area contributed by atoms with Crippen LogP contribution >= 0.6 is 35.6 Å². The average Bonchev–Trinajstić information content (AvgIpc) is 2.49. The van der Waals surface area contributed by atoms with Gasteiger partial charge in [-0.2, -0.15) is 12.6 Å². The lowest BCUT2D eigenvalue weighted by Crippen LogP contribution is -1.80. The highest BCUT2D eigenvalue weighted by Crippen LogP contribution is 2.26. The Hall–Kier alpha value is -0.390. The summed E-state index contributed by atoms with van der Waals surface area (Å²) in [6.45, 7) is 0. The lowest BCUT2D eigenvalue weighted by molar-refractivity contribution is 1.18. The van der Waals surface area contributed by atoms with Crippen LogP contribution in [-0.2, 0) is 5.75 Å². The van der Waals surface area contributed by atoms with Crippen molar-refractivity contribution in [2.75, 3.05) is 0 Å². The van der Waals surface area contributed by atoms with E-state index in [-0.39, 0.29) is 0 Å². The van der Waals surface area contributed by atoms with Crippen molar-refractivity contribution in [1.29, 1.82) is 0 Å². The van der Waals surface area contributed by atoms with Crippen molar-refractivity contribution in [1.82, 2.24) is 15.0 Å². The zero-order chi connectivity index (χ0) is 8.55. The van der Waals surface area contributed by atoms with Crippen LogP contribution in [0.5, 0.6) is 0 Å². The SMILES string of the molecule is SCc1nc2ncnc(Cl)c2s1. The van der Waals surface area contributed by atoms with E-state index in [2.05, 4.69) is 27.6 Å². The average molecular weight is 218 g/mol. The molecule has 3 nitrogen and oxygen atoms in total. The summed E-state index contributed by atoms with van der Waals surface area (Å²) in [4.78, 5) is 12.0. The first-order valence-electron chi connectivity index (χ1n) is 3.18. The number of halogens is 1. The van der Waals surface area contributed by atoms with Gasteiger partial charge in [0.1, 0.15) is 16.0 Å². The van der Waals surface area contributed by atoms with E-state index in [0.717, 1.165) is 9.71 Å². The zero-order valence-corrected chi connectivity index (χ0v) is 8.33. The van der Waals surface area contributed by atoms with E-state index >= 15 is 0 Å². The highest BCUT2D eigenvalue weighted by atomic mass is 35.5. The Morgan fingerprint density at radius 1 is 1.50 bits per heavy atom. The Kier molecular flexibility index (Phi) is 2.16. The van der Waals surface area contributed by atoms with Gasteiger partial charge in [-0.05, 0) is 0 Å². The highest BCUT2D eigenvalue weighted by molar-refractivity contribution is 7.79. The number of fused-ring (bicyclic) bond motifs is 1. The third kappa shape index (κ3) is 1.28. The summed E-state index contributed by atoms with van der Waals surface area (Å²) in [5, 5.41) is 1.38.